The average Bonchev–Trinajstić information content (AvgIpc) is 2.44. The highest BCUT2D eigenvalue weighted by Gasteiger charge is 2.17. The number of alkyl halides is 1. The molecule has 2 aromatic carbocycles. The number of benzene rings is 2. The van der Waals surface area contributed by atoms with Gasteiger partial charge in [0, 0.05) is 22.5 Å². The minimum atomic E-state index is -0.470. The monoisotopic (exact) mass is 353 g/mol. The van der Waals surface area contributed by atoms with E-state index in [0.29, 0.717) is 27.8 Å². The van der Waals surface area contributed by atoms with Crippen LogP contribution in [0.1, 0.15) is 16.7 Å². The molecule has 0 aliphatic carbocycles. The number of nitro groups is 1. The van der Waals surface area contributed by atoms with Gasteiger partial charge in [-0.1, -0.05) is 28.1 Å². The van der Waals surface area contributed by atoms with Gasteiger partial charge in [0.2, 0.25) is 0 Å². The third-order valence-electron chi connectivity index (χ3n) is 3.09. The molecule has 0 aliphatic heterocycles. The largest absolute Gasteiger partial charge is 0.454 e. The highest BCUT2D eigenvalue weighted by atomic mass is 79.9. The van der Waals surface area contributed by atoms with Crippen molar-refractivity contribution in [1.29, 1.82) is 0 Å². The van der Waals surface area contributed by atoms with E-state index in [1.807, 2.05) is 0 Å². The van der Waals surface area contributed by atoms with E-state index in [1.165, 1.54) is 12.1 Å². The van der Waals surface area contributed by atoms with Crippen molar-refractivity contribution in [2.75, 3.05) is 0 Å². The SMILES string of the molecule is Cc1cc([N+](=O)[O-])c(C)cc1Oc1c(F)cccc1CBr. The van der Waals surface area contributed by atoms with Gasteiger partial charge in [-0.2, -0.15) is 0 Å². The molecule has 0 heterocycles. The van der Waals surface area contributed by atoms with Crippen LogP contribution in [-0.4, -0.2) is 4.92 Å². The second-order valence-electron chi connectivity index (χ2n) is 4.63. The van der Waals surface area contributed by atoms with Gasteiger partial charge in [-0.05, 0) is 31.5 Å². The first kappa shape index (κ1) is 15.4. The Bertz CT molecular complexity index is 704. The van der Waals surface area contributed by atoms with Crippen LogP contribution >= 0.6 is 15.9 Å². The summed E-state index contributed by atoms with van der Waals surface area (Å²) >= 11 is 3.28. The van der Waals surface area contributed by atoms with E-state index in [4.69, 9.17) is 4.74 Å². The van der Waals surface area contributed by atoms with Crippen LogP contribution in [0.25, 0.3) is 0 Å². The van der Waals surface area contributed by atoms with Crippen molar-refractivity contribution in [2.24, 2.45) is 0 Å². The van der Waals surface area contributed by atoms with Crippen LogP contribution in [0.2, 0.25) is 0 Å². The molecule has 0 spiro atoms. The molecule has 0 N–H and O–H groups in total. The minimum absolute atomic E-state index is 0.0223. The quantitative estimate of drug-likeness (QED) is 0.439. The van der Waals surface area contributed by atoms with Crippen molar-refractivity contribution in [1.82, 2.24) is 0 Å². The molecule has 0 radical (unpaired) electrons. The van der Waals surface area contributed by atoms with Crippen LogP contribution in [0.5, 0.6) is 11.5 Å². The first-order chi connectivity index (χ1) is 9.93. The van der Waals surface area contributed by atoms with Gasteiger partial charge in [0.1, 0.15) is 5.75 Å². The third kappa shape index (κ3) is 3.21. The molecule has 0 atom stereocenters. The second kappa shape index (κ2) is 6.22. The molecule has 110 valence electrons. The number of nitrogens with zero attached hydrogens (tertiary/aromatic N) is 1. The molecule has 0 aliphatic rings. The second-order valence-corrected chi connectivity index (χ2v) is 5.19. The molecule has 0 bridgehead atoms. The molecule has 0 unspecified atom stereocenters. The molecular formula is C15H13BrFNO3. The zero-order valence-electron chi connectivity index (χ0n) is 11.5. The van der Waals surface area contributed by atoms with E-state index in [-0.39, 0.29) is 11.4 Å². The van der Waals surface area contributed by atoms with Gasteiger partial charge in [0.25, 0.3) is 5.69 Å². The number of hydrogen-bond donors (Lipinski definition) is 0. The lowest BCUT2D eigenvalue weighted by atomic mass is 10.1. The van der Waals surface area contributed by atoms with E-state index in [1.54, 1.807) is 32.0 Å². The highest BCUT2D eigenvalue weighted by molar-refractivity contribution is 9.08. The highest BCUT2D eigenvalue weighted by Crippen LogP contribution is 2.34. The zero-order chi connectivity index (χ0) is 15.6. The van der Waals surface area contributed by atoms with E-state index >= 15 is 0 Å². The maximum absolute atomic E-state index is 13.9. The Labute approximate surface area is 129 Å². The van der Waals surface area contributed by atoms with E-state index < -0.39 is 10.7 Å². The molecular weight excluding hydrogens is 341 g/mol. The minimum Gasteiger partial charge on any atom is -0.454 e. The summed E-state index contributed by atoms with van der Waals surface area (Å²) in [6.07, 6.45) is 0. The Morgan fingerprint density at radius 1 is 1.29 bits per heavy atom. The van der Waals surface area contributed by atoms with E-state index in [9.17, 15) is 14.5 Å². The summed E-state index contributed by atoms with van der Waals surface area (Å²) < 4.78 is 19.6. The molecule has 6 heteroatoms. The smallest absolute Gasteiger partial charge is 0.272 e. The van der Waals surface area contributed by atoms with Gasteiger partial charge in [0.05, 0.1) is 4.92 Å². The molecule has 21 heavy (non-hydrogen) atoms. The number of ether oxygens (including phenoxy) is 1. The van der Waals surface area contributed by atoms with Crippen LogP contribution in [0.3, 0.4) is 0 Å². The lowest BCUT2D eigenvalue weighted by Gasteiger charge is -2.13. The van der Waals surface area contributed by atoms with Crippen LogP contribution in [0.4, 0.5) is 10.1 Å². The maximum Gasteiger partial charge on any atom is 0.272 e. The number of aryl methyl sites for hydroxylation is 2. The van der Waals surface area contributed by atoms with Crippen molar-refractivity contribution in [3.63, 3.8) is 0 Å². The fourth-order valence-electron chi connectivity index (χ4n) is 1.96. The first-order valence-electron chi connectivity index (χ1n) is 6.21. The van der Waals surface area contributed by atoms with Gasteiger partial charge in [-0.3, -0.25) is 10.1 Å². The van der Waals surface area contributed by atoms with Crippen molar-refractivity contribution >= 4 is 21.6 Å². The Hall–Kier alpha value is -1.95. The molecule has 0 saturated heterocycles. The zero-order valence-corrected chi connectivity index (χ0v) is 13.1. The van der Waals surface area contributed by atoms with Crippen molar-refractivity contribution < 1.29 is 14.1 Å². The molecule has 0 amide bonds. The standard InChI is InChI=1S/C15H13BrFNO3/c1-9-7-14(10(2)6-13(9)18(19)20)21-15-11(8-16)4-3-5-12(15)17/h3-7H,8H2,1-2H3. The van der Waals surface area contributed by atoms with Crippen molar-refractivity contribution in [3.05, 3.63) is 63.0 Å². The predicted molar refractivity (Wildman–Crippen MR) is 81.7 cm³/mol. The van der Waals surface area contributed by atoms with Crippen LogP contribution in [0.15, 0.2) is 30.3 Å². The number of halogens is 2. The van der Waals surface area contributed by atoms with Crippen molar-refractivity contribution in [3.8, 4) is 11.5 Å². The predicted octanol–water partition coefficient (Wildman–Crippen LogP) is 5.04. The molecule has 4 nitrogen and oxygen atoms in total. The molecule has 0 fully saturated rings. The van der Waals surface area contributed by atoms with Gasteiger partial charge in [0.15, 0.2) is 11.6 Å². The number of rotatable bonds is 4. The average molecular weight is 354 g/mol. The molecule has 2 aromatic rings. The summed E-state index contributed by atoms with van der Waals surface area (Å²) in [5.74, 6) is 0.0680. The van der Waals surface area contributed by atoms with Crippen molar-refractivity contribution in [2.45, 2.75) is 19.2 Å². The Morgan fingerprint density at radius 3 is 2.62 bits per heavy atom. The van der Waals surface area contributed by atoms with E-state index in [0.717, 1.165) is 0 Å². The summed E-state index contributed by atoms with van der Waals surface area (Å²) in [5.41, 5.74) is 1.74. The topological polar surface area (TPSA) is 52.4 Å². The van der Waals surface area contributed by atoms with Gasteiger partial charge >= 0.3 is 0 Å². The Morgan fingerprint density at radius 2 is 2.00 bits per heavy atom. The Kier molecular flexibility index (Phi) is 4.57. The number of hydrogen-bond acceptors (Lipinski definition) is 3. The van der Waals surface area contributed by atoms with E-state index in [2.05, 4.69) is 15.9 Å². The summed E-state index contributed by atoms with van der Waals surface area (Å²) in [4.78, 5) is 10.5. The fraction of sp³-hybridized carbons (Fsp3) is 0.200. The summed E-state index contributed by atoms with van der Waals surface area (Å²) in [5, 5.41) is 11.3. The summed E-state index contributed by atoms with van der Waals surface area (Å²) in [6.45, 7) is 3.31. The first-order valence-corrected chi connectivity index (χ1v) is 7.33. The van der Waals surface area contributed by atoms with Crippen LogP contribution in [-0.2, 0) is 5.33 Å². The van der Waals surface area contributed by atoms with Crippen LogP contribution < -0.4 is 4.74 Å². The number of para-hydroxylation sites is 1. The Balaban J connectivity index is 2.46. The van der Waals surface area contributed by atoms with Gasteiger partial charge in [-0.25, -0.2) is 4.39 Å². The number of nitro benzene ring substituents is 1. The third-order valence-corrected chi connectivity index (χ3v) is 3.70. The van der Waals surface area contributed by atoms with Gasteiger partial charge in [-0.15, -0.1) is 0 Å². The van der Waals surface area contributed by atoms with Gasteiger partial charge < -0.3 is 4.74 Å². The maximum atomic E-state index is 13.9. The summed E-state index contributed by atoms with van der Waals surface area (Å²) in [6, 6.07) is 7.65. The lowest BCUT2D eigenvalue weighted by Crippen LogP contribution is -1.98. The fourth-order valence-corrected chi connectivity index (χ4v) is 2.41. The van der Waals surface area contributed by atoms with Crippen LogP contribution in [0, 0.1) is 29.8 Å². The molecule has 2 rings (SSSR count). The molecule has 0 aromatic heterocycles. The molecule has 0 saturated carbocycles. The lowest BCUT2D eigenvalue weighted by molar-refractivity contribution is -0.385. The normalized spacial score (nSPS) is 10.5. The summed E-state index contributed by atoms with van der Waals surface area (Å²) in [7, 11) is 0.